The molecule has 1 heterocycles. The van der Waals surface area contributed by atoms with Crippen LogP contribution in [0.4, 0.5) is 5.82 Å². The van der Waals surface area contributed by atoms with Crippen molar-refractivity contribution in [2.45, 2.75) is 13.3 Å². The van der Waals surface area contributed by atoms with Crippen LogP contribution in [0, 0.1) is 11.3 Å². The van der Waals surface area contributed by atoms with Crippen LogP contribution in [0.25, 0.3) is 0 Å². The molecule has 0 aliphatic carbocycles. The third kappa shape index (κ3) is 2.95. The number of nitrogens with zero attached hydrogens (tertiary/aromatic N) is 3. The van der Waals surface area contributed by atoms with Gasteiger partial charge >= 0.3 is 0 Å². The minimum atomic E-state index is -0.119. The molecular weight excluding hydrogens is 204 g/mol. The number of amides is 1. The Morgan fingerprint density at radius 2 is 2.44 bits per heavy atom. The summed E-state index contributed by atoms with van der Waals surface area (Å²) < 4.78 is 0. The van der Waals surface area contributed by atoms with E-state index in [2.05, 4.69) is 4.98 Å². The molecule has 2 N–H and O–H groups in total. The van der Waals surface area contributed by atoms with Crippen LogP contribution in [0.5, 0.6) is 0 Å². The normalized spacial score (nSPS) is 9.50. The SMILES string of the molecule is CCN(CCC#N)C(=O)c1ccnc(N)c1. The maximum atomic E-state index is 12.0. The molecule has 0 saturated heterocycles. The zero-order valence-corrected chi connectivity index (χ0v) is 9.18. The third-order valence-electron chi connectivity index (χ3n) is 2.19. The molecule has 0 bridgehead atoms. The van der Waals surface area contributed by atoms with Gasteiger partial charge in [-0.2, -0.15) is 5.26 Å². The second-order valence-corrected chi connectivity index (χ2v) is 3.26. The van der Waals surface area contributed by atoms with E-state index in [1.54, 1.807) is 11.0 Å². The number of anilines is 1. The van der Waals surface area contributed by atoms with Gasteiger partial charge in [0.05, 0.1) is 12.5 Å². The quantitative estimate of drug-likeness (QED) is 0.818. The molecule has 5 heteroatoms. The molecule has 0 fully saturated rings. The summed E-state index contributed by atoms with van der Waals surface area (Å²) in [6, 6.07) is 5.18. The Morgan fingerprint density at radius 3 is 3.00 bits per heavy atom. The molecule has 0 radical (unpaired) electrons. The minimum absolute atomic E-state index is 0.119. The summed E-state index contributed by atoms with van der Waals surface area (Å²) in [7, 11) is 0. The molecule has 0 saturated carbocycles. The molecule has 0 atom stereocenters. The molecule has 0 aliphatic rings. The van der Waals surface area contributed by atoms with Gasteiger partial charge in [0.25, 0.3) is 5.91 Å². The standard InChI is InChI=1S/C11H14N4O/c1-2-15(7-3-5-12)11(16)9-4-6-14-10(13)8-9/h4,6,8H,2-3,7H2,1H3,(H2,13,14). The van der Waals surface area contributed by atoms with E-state index in [1.807, 2.05) is 13.0 Å². The monoisotopic (exact) mass is 218 g/mol. The van der Waals surface area contributed by atoms with Crippen molar-refractivity contribution in [2.75, 3.05) is 18.8 Å². The Kier molecular flexibility index (Phi) is 4.28. The van der Waals surface area contributed by atoms with Crippen LogP contribution in [0.1, 0.15) is 23.7 Å². The van der Waals surface area contributed by atoms with E-state index in [-0.39, 0.29) is 5.91 Å². The number of hydrogen-bond acceptors (Lipinski definition) is 4. The number of aromatic nitrogens is 1. The predicted molar refractivity (Wildman–Crippen MR) is 60.5 cm³/mol. The van der Waals surface area contributed by atoms with Crippen molar-refractivity contribution in [2.24, 2.45) is 0 Å². The largest absolute Gasteiger partial charge is 0.384 e. The van der Waals surface area contributed by atoms with E-state index >= 15 is 0 Å². The van der Waals surface area contributed by atoms with Crippen LogP contribution in [-0.4, -0.2) is 28.9 Å². The van der Waals surface area contributed by atoms with Gasteiger partial charge in [-0.1, -0.05) is 0 Å². The molecule has 1 aromatic rings. The van der Waals surface area contributed by atoms with Gasteiger partial charge in [0.15, 0.2) is 0 Å². The molecule has 1 rings (SSSR count). The number of nitriles is 1. The number of hydrogen-bond donors (Lipinski definition) is 1. The molecule has 1 amide bonds. The Balaban J connectivity index is 2.79. The molecule has 0 aliphatic heterocycles. The van der Waals surface area contributed by atoms with E-state index in [1.165, 1.54) is 12.3 Å². The van der Waals surface area contributed by atoms with E-state index in [9.17, 15) is 4.79 Å². The fraction of sp³-hybridized carbons (Fsp3) is 0.364. The molecule has 5 nitrogen and oxygen atoms in total. The highest BCUT2D eigenvalue weighted by Gasteiger charge is 2.13. The smallest absolute Gasteiger partial charge is 0.254 e. The van der Waals surface area contributed by atoms with Crippen molar-refractivity contribution in [1.29, 1.82) is 5.26 Å². The highest BCUT2D eigenvalue weighted by atomic mass is 16.2. The Labute approximate surface area is 94.5 Å². The highest BCUT2D eigenvalue weighted by Crippen LogP contribution is 2.07. The van der Waals surface area contributed by atoms with E-state index in [0.717, 1.165) is 0 Å². The Bertz CT molecular complexity index is 411. The van der Waals surface area contributed by atoms with E-state index < -0.39 is 0 Å². The van der Waals surface area contributed by atoms with Crippen LogP contribution in [-0.2, 0) is 0 Å². The van der Waals surface area contributed by atoms with Gasteiger partial charge in [-0.25, -0.2) is 4.98 Å². The van der Waals surface area contributed by atoms with Gasteiger partial charge in [-0.05, 0) is 19.1 Å². The van der Waals surface area contributed by atoms with Gasteiger partial charge in [0.1, 0.15) is 5.82 Å². The first kappa shape index (κ1) is 12.0. The van der Waals surface area contributed by atoms with E-state index in [4.69, 9.17) is 11.0 Å². The predicted octanol–water partition coefficient (Wildman–Crippen LogP) is 1.04. The van der Waals surface area contributed by atoms with Crippen molar-refractivity contribution in [1.82, 2.24) is 9.88 Å². The van der Waals surface area contributed by atoms with Gasteiger partial charge < -0.3 is 10.6 Å². The van der Waals surface area contributed by atoms with Crippen molar-refractivity contribution in [3.8, 4) is 6.07 Å². The Morgan fingerprint density at radius 1 is 1.69 bits per heavy atom. The number of carbonyl (C=O) groups excluding carboxylic acids is 1. The fourth-order valence-electron chi connectivity index (χ4n) is 1.35. The summed E-state index contributed by atoms with van der Waals surface area (Å²) in [6.45, 7) is 2.89. The van der Waals surface area contributed by atoms with Crippen LogP contribution < -0.4 is 5.73 Å². The summed E-state index contributed by atoms with van der Waals surface area (Å²) in [5, 5.41) is 8.49. The summed E-state index contributed by atoms with van der Waals surface area (Å²) in [6.07, 6.45) is 1.83. The molecule has 1 aromatic heterocycles. The van der Waals surface area contributed by atoms with Crippen molar-refractivity contribution < 1.29 is 4.79 Å². The number of pyridine rings is 1. The van der Waals surface area contributed by atoms with Crippen molar-refractivity contribution in [3.63, 3.8) is 0 Å². The summed E-state index contributed by atoms with van der Waals surface area (Å²) in [5.74, 6) is 0.203. The molecule has 16 heavy (non-hydrogen) atoms. The number of rotatable bonds is 4. The lowest BCUT2D eigenvalue weighted by molar-refractivity contribution is 0.0768. The first-order chi connectivity index (χ1) is 7.69. The first-order valence-corrected chi connectivity index (χ1v) is 5.06. The van der Waals surface area contributed by atoms with Crippen molar-refractivity contribution in [3.05, 3.63) is 23.9 Å². The van der Waals surface area contributed by atoms with Crippen LogP contribution in [0.15, 0.2) is 18.3 Å². The molecule has 0 unspecified atom stereocenters. The first-order valence-electron chi connectivity index (χ1n) is 5.06. The van der Waals surface area contributed by atoms with Gasteiger partial charge in [0, 0.05) is 24.8 Å². The second kappa shape index (κ2) is 5.71. The van der Waals surface area contributed by atoms with Crippen molar-refractivity contribution >= 4 is 11.7 Å². The third-order valence-corrected chi connectivity index (χ3v) is 2.19. The molecular formula is C11H14N4O. The Hall–Kier alpha value is -2.09. The zero-order chi connectivity index (χ0) is 12.0. The number of nitrogens with two attached hydrogens (primary N) is 1. The summed E-state index contributed by atoms with van der Waals surface area (Å²) in [5.41, 5.74) is 6.01. The number of carbonyl (C=O) groups is 1. The highest BCUT2D eigenvalue weighted by molar-refractivity contribution is 5.94. The maximum absolute atomic E-state index is 12.0. The topological polar surface area (TPSA) is 83.0 Å². The number of nitrogen functional groups attached to an aromatic ring is 1. The molecule has 0 aromatic carbocycles. The zero-order valence-electron chi connectivity index (χ0n) is 9.18. The lowest BCUT2D eigenvalue weighted by atomic mass is 10.2. The summed E-state index contributed by atoms with van der Waals surface area (Å²) in [4.78, 5) is 17.4. The van der Waals surface area contributed by atoms with Crippen LogP contribution in [0.2, 0.25) is 0 Å². The minimum Gasteiger partial charge on any atom is -0.384 e. The van der Waals surface area contributed by atoms with Crippen LogP contribution in [0.3, 0.4) is 0 Å². The van der Waals surface area contributed by atoms with Gasteiger partial charge in [0.2, 0.25) is 0 Å². The van der Waals surface area contributed by atoms with Gasteiger partial charge in [-0.3, -0.25) is 4.79 Å². The summed E-state index contributed by atoms with van der Waals surface area (Å²) >= 11 is 0. The maximum Gasteiger partial charge on any atom is 0.254 e. The van der Waals surface area contributed by atoms with Crippen LogP contribution >= 0.6 is 0 Å². The second-order valence-electron chi connectivity index (χ2n) is 3.26. The van der Waals surface area contributed by atoms with Gasteiger partial charge in [-0.15, -0.1) is 0 Å². The van der Waals surface area contributed by atoms with E-state index in [0.29, 0.717) is 30.9 Å². The molecule has 84 valence electrons. The average molecular weight is 218 g/mol. The molecule has 0 spiro atoms. The fourth-order valence-corrected chi connectivity index (χ4v) is 1.35. The lowest BCUT2D eigenvalue weighted by Crippen LogP contribution is -2.31. The average Bonchev–Trinajstić information content (AvgIpc) is 2.29. The lowest BCUT2D eigenvalue weighted by Gasteiger charge is -2.19.